The van der Waals surface area contributed by atoms with Gasteiger partial charge in [-0.25, -0.2) is 0 Å². The molecular formula is C6H16Br2CoN2. The van der Waals surface area contributed by atoms with Gasteiger partial charge in [0.2, 0.25) is 0 Å². The minimum Gasteiger partial charge on any atom is -1.00 e. The molecule has 73 valence electrons. The number of rotatable bonds is 3. The van der Waals surface area contributed by atoms with Crippen LogP contribution in [0.1, 0.15) is 0 Å². The van der Waals surface area contributed by atoms with Gasteiger partial charge in [0.15, 0.2) is 0 Å². The summed E-state index contributed by atoms with van der Waals surface area (Å²) in [7, 11) is 8.35. The van der Waals surface area contributed by atoms with Crippen LogP contribution >= 0.6 is 0 Å². The van der Waals surface area contributed by atoms with Crippen molar-refractivity contribution in [1.29, 1.82) is 0 Å². The summed E-state index contributed by atoms with van der Waals surface area (Å²) >= 11 is 0. The van der Waals surface area contributed by atoms with Crippen molar-refractivity contribution in [1.82, 2.24) is 9.80 Å². The van der Waals surface area contributed by atoms with Gasteiger partial charge in [0.1, 0.15) is 0 Å². The molecule has 1 radical (unpaired) electrons. The Morgan fingerprint density at radius 3 is 1.00 bits per heavy atom. The van der Waals surface area contributed by atoms with Crippen LogP contribution in [0.5, 0.6) is 0 Å². The largest absolute Gasteiger partial charge is 2.00 e. The van der Waals surface area contributed by atoms with Gasteiger partial charge >= 0.3 is 16.8 Å². The molecule has 0 saturated carbocycles. The predicted octanol–water partition coefficient (Wildman–Crippen LogP) is -5.88. The fraction of sp³-hybridized carbons (Fsp3) is 1.00. The second-order valence-electron chi connectivity index (χ2n) is 2.61. The molecule has 0 rings (SSSR count). The normalized spacial score (nSPS) is 8.18. The number of nitrogens with zero attached hydrogens (tertiary/aromatic N) is 2. The molecule has 2 nitrogen and oxygen atoms in total. The van der Waals surface area contributed by atoms with E-state index in [1.165, 1.54) is 0 Å². The summed E-state index contributed by atoms with van der Waals surface area (Å²) in [4.78, 5) is 4.36. The molecule has 11 heavy (non-hydrogen) atoms. The first-order valence-electron chi connectivity index (χ1n) is 2.92. The first kappa shape index (κ1) is 22.8. The van der Waals surface area contributed by atoms with Crippen LogP contribution in [0, 0.1) is 0 Å². The molecular weight excluding hydrogens is 319 g/mol. The van der Waals surface area contributed by atoms with E-state index < -0.39 is 0 Å². The van der Waals surface area contributed by atoms with Gasteiger partial charge in [-0.1, -0.05) is 0 Å². The van der Waals surface area contributed by atoms with Crippen LogP contribution < -0.4 is 34.0 Å². The molecule has 0 saturated heterocycles. The standard InChI is InChI=1S/C6H16N2.2BrH.Co/c1-7(2)5-6-8(3)4;;;/h5-6H2,1-4H3;2*1H;/q;;;+2/p-2. The van der Waals surface area contributed by atoms with Crippen molar-refractivity contribution >= 4 is 0 Å². The summed E-state index contributed by atoms with van der Waals surface area (Å²) in [6.45, 7) is 2.29. The van der Waals surface area contributed by atoms with E-state index in [0.29, 0.717) is 0 Å². The average Bonchev–Trinajstić information content (AvgIpc) is 1.61. The van der Waals surface area contributed by atoms with E-state index in [2.05, 4.69) is 38.0 Å². The molecule has 0 atom stereocenters. The summed E-state index contributed by atoms with van der Waals surface area (Å²) in [5, 5.41) is 0. The summed E-state index contributed by atoms with van der Waals surface area (Å²) in [6, 6.07) is 0. The zero-order chi connectivity index (χ0) is 6.57. The molecule has 0 aromatic rings. The van der Waals surface area contributed by atoms with Crippen LogP contribution in [-0.4, -0.2) is 51.1 Å². The Morgan fingerprint density at radius 1 is 0.727 bits per heavy atom. The Labute approximate surface area is 101 Å². The minimum absolute atomic E-state index is 0. The van der Waals surface area contributed by atoms with Crippen LogP contribution in [-0.2, 0) is 16.8 Å². The third-order valence-electron chi connectivity index (χ3n) is 0.994. The first-order valence-corrected chi connectivity index (χ1v) is 2.92. The fourth-order valence-electron chi connectivity index (χ4n) is 0.400. The van der Waals surface area contributed by atoms with E-state index in [1.54, 1.807) is 0 Å². The monoisotopic (exact) mass is 333 g/mol. The Morgan fingerprint density at radius 2 is 0.909 bits per heavy atom. The SMILES string of the molecule is CN(C)CCN(C)C.[Br-].[Br-].[Co+2]. The second-order valence-corrected chi connectivity index (χ2v) is 2.61. The molecule has 0 unspecified atom stereocenters. The van der Waals surface area contributed by atoms with Gasteiger partial charge in [-0.05, 0) is 28.2 Å². The number of hydrogen-bond acceptors (Lipinski definition) is 2. The van der Waals surface area contributed by atoms with Crippen LogP contribution in [0.3, 0.4) is 0 Å². The van der Waals surface area contributed by atoms with E-state index in [4.69, 9.17) is 0 Å². The molecule has 0 aliphatic heterocycles. The van der Waals surface area contributed by atoms with Crippen LogP contribution in [0.15, 0.2) is 0 Å². The molecule has 0 bridgehead atoms. The quantitative estimate of drug-likeness (QED) is 0.507. The van der Waals surface area contributed by atoms with E-state index >= 15 is 0 Å². The van der Waals surface area contributed by atoms with Gasteiger partial charge in [0, 0.05) is 13.1 Å². The molecule has 0 N–H and O–H groups in total. The Hall–Kier alpha value is 1.39. The number of halogens is 2. The summed E-state index contributed by atoms with van der Waals surface area (Å²) in [5.74, 6) is 0. The fourth-order valence-corrected chi connectivity index (χ4v) is 0.400. The van der Waals surface area contributed by atoms with Crippen LogP contribution in [0.25, 0.3) is 0 Å². The summed E-state index contributed by atoms with van der Waals surface area (Å²) < 4.78 is 0. The Kier molecular flexibility index (Phi) is 28.9. The average molecular weight is 335 g/mol. The van der Waals surface area contributed by atoms with Gasteiger partial charge in [-0.3, -0.25) is 0 Å². The van der Waals surface area contributed by atoms with Crippen molar-refractivity contribution in [3.8, 4) is 0 Å². The molecule has 0 aromatic heterocycles. The van der Waals surface area contributed by atoms with E-state index in [0.717, 1.165) is 13.1 Å². The third-order valence-corrected chi connectivity index (χ3v) is 0.994. The summed E-state index contributed by atoms with van der Waals surface area (Å²) in [5.41, 5.74) is 0. The van der Waals surface area contributed by atoms with Crippen molar-refractivity contribution in [2.45, 2.75) is 0 Å². The molecule has 0 fully saturated rings. The zero-order valence-corrected chi connectivity index (χ0v) is 11.6. The maximum Gasteiger partial charge on any atom is 2.00 e. The van der Waals surface area contributed by atoms with Crippen LogP contribution in [0.2, 0.25) is 0 Å². The number of likely N-dealkylation sites (N-methyl/N-ethyl adjacent to an activating group) is 2. The molecule has 0 spiro atoms. The number of hydrogen-bond donors (Lipinski definition) is 0. The van der Waals surface area contributed by atoms with E-state index in [9.17, 15) is 0 Å². The molecule has 0 aliphatic rings. The predicted molar refractivity (Wildman–Crippen MR) is 37.1 cm³/mol. The molecule has 0 amide bonds. The van der Waals surface area contributed by atoms with Crippen LogP contribution in [0.4, 0.5) is 0 Å². The first-order chi connectivity index (χ1) is 3.63. The second kappa shape index (κ2) is 13.9. The Bertz CT molecular complexity index is 54.5. The van der Waals surface area contributed by atoms with Gasteiger partial charge in [-0.15, -0.1) is 0 Å². The van der Waals surface area contributed by atoms with Crippen molar-refractivity contribution in [3.05, 3.63) is 0 Å². The van der Waals surface area contributed by atoms with E-state index in [1.807, 2.05) is 0 Å². The minimum atomic E-state index is 0. The summed E-state index contributed by atoms with van der Waals surface area (Å²) in [6.07, 6.45) is 0. The zero-order valence-electron chi connectivity index (χ0n) is 7.40. The van der Waals surface area contributed by atoms with Crippen molar-refractivity contribution in [3.63, 3.8) is 0 Å². The van der Waals surface area contributed by atoms with Gasteiger partial charge in [0.05, 0.1) is 0 Å². The smallest absolute Gasteiger partial charge is 1.00 e. The van der Waals surface area contributed by atoms with Gasteiger partial charge in [0.25, 0.3) is 0 Å². The maximum absolute atomic E-state index is 2.18. The molecule has 0 heterocycles. The van der Waals surface area contributed by atoms with E-state index in [-0.39, 0.29) is 50.7 Å². The topological polar surface area (TPSA) is 6.48 Å². The maximum atomic E-state index is 2.18. The Balaban J connectivity index is -0.0000000817. The van der Waals surface area contributed by atoms with Gasteiger partial charge in [-0.2, -0.15) is 0 Å². The van der Waals surface area contributed by atoms with Crippen molar-refractivity contribution in [2.75, 3.05) is 41.3 Å². The van der Waals surface area contributed by atoms with Crippen molar-refractivity contribution < 1.29 is 50.7 Å². The van der Waals surface area contributed by atoms with Crippen molar-refractivity contribution in [2.24, 2.45) is 0 Å². The molecule has 0 aromatic carbocycles. The third kappa shape index (κ3) is 24.6. The molecule has 0 aliphatic carbocycles. The molecule has 5 heteroatoms. The van der Waals surface area contributed by atoms with Gasteiger partial charge < -0.3 is 43.8 Å².